The van der Waals surface area contributed by atoms with Crippen molar-refractivity contribution in [3.8, 4) is 0 Å². The Balaban J connectivity index is 2.11. The Hall–Kier alpha value is -0.460. The van der Waals surface area contributed by atoms with Gasteiger partial charge in [-0.15, -0.1) is 11.3 Å². The number of rotatable bonds is 3. The van der Waals surface area contributed by atoms with Crippen LogP contribution >= 0.6 is 33.9 Å². The van der Waals surface area contributed by atoms with Gasteiger partial charge < -0.3 is 5.73 Å². The predicted molar refractivity (Wildman–Crippen MR) is 81.4 cm³/mol. The fourth-order valence-electron chi connectivity index (χ4n) is 1.64. The monoisotopic (exact) mass is 358 g/mol. The van der Waals surface area contributed by atoms with Crippen LogP contribution in [0.1, 0.15) is 27.2 Å². The highest BCUT2D eigenvalue weighted by atomic mass is 127. The van der Waals surface area contributed by atoms with Crippen molar-refractivity contribution < 1.29 is 0 Å². The van der Waals surface area contributed by atoms with Crippen molar-refractivity contribution in [1.82, 2.24) is 4.98 Å². The van der Waals surface area contributed by atoms with Crippen LogP contribution in [0.4, 0.5) is 0 Å². The van der Waals surface area contributed by atoms with Crippen molar-refractivity contribution >= 4 is 33.9 Å². The third kappa shape index (κ3) is 3.26. The van der Waals surface area contributed by atoms with Gasteiger partial charge in [0.05, 0.1) is 10.7 Å². The summed E-state index contributed by atoms with van der Waals surface area (Å²) in [4.78, 5) is 5.82. The molecule has 17 heavy (non-hydrogen) atoms. The van der Waals surface area contributed by atoms with Gasteiger partial charge in [-0.25, -0.2) is 4.98 Å². The molecule has 2 N–H and O–H groups in total. The molecule has 2 rings (SSSR count). The Kier molecular flexibility index (Phi) is 4.17. The summed E-state index contributed by atoms with van der Waals surface area (Å²) >= 11 is 4.05. The first kappa shape index (κ1) is 13.0. The molecule has 0 spiro atoms. The molecule has 0 aliphatic heterocycles. The topological polar surface area (TPSA) is 38.9 Å². The van der Waals surface area contributed by atoms with Gasteiger partial charge in [0.1, 0.15) is 0 Å². The second kappa shape index (κ2) is 5.46. The standard InChI is InChI=1S/C13H15IN2S/c1-8-9(2)17-13(16-8)7-12(15)10-3-5-11(14)6-4-10/h3-6,12H,7,15H2,1-2H3. The summed E-state index contributed by atoms with van der Waals surface area (Å²) in [6.07, 6.45) is 0.819. The minimum absolute atomic E-state index is 0.0388. The first-order chi connectivity index (χ1) is 8.06. The second-order valence-corrected chi connectivity index (χ2v) is 6.64. The van der Waals surface area contributed by atoms with E-state index in [0.717, 1.165) is 17.1 Å². The van der Waals surface area contributed by atoms with Crippen LogP contribution in [0, 0.1) is 17.4 Å². The molecule has 4 heteroatoms. The second-order valence-electron chi connectivity index (χ2n) is 4.11. The van der Waals surface area contributed by atoms with E-state index in [-0.39, 0.29) is 6.04 Å². The first-order valence-electron chi connectivity index (χ1n) is 5.50. The van der Waals surface area contributed by atoms with Gasteiger partial charge in [-0.1, -0.05) is 12.1 Å². The summed E-state index contributed by atoms with van der Waals surface area (Å²) in [5.74, 6) is 0. The first-order valence-corrected chi connectivity index (χ1v) is 7.39. The molecule has 1 heterocycles. The van der Waals surface area contributed by atoms with Crippen molar-refractivity contribution in [1.29, 1.82) is 0 Å². The van der Waals surface area contributed by atoms with Gasteiger partial charge in [0.2, 0.25) is 0 Å². The van der Waals surface area contributed by atoms with E-state index in [0.29, 0.717) is 0 Å². The summed E-state index contributed by atoms with van der Waals surface area (Å²) < 4.78 is 1.24. The maximum atomic E-state index is 6.20. The van der Waals surface area contributed by atoms with Crippen LogP contribution in [0.2, 0.25) is 0 Å². The molecule has 1 unspecified atom stereocenters. The molecule has 1 atom stereocenters. The molecule has 0 saturated heterocycles. The Labute approximate surface area is 119 Å². The highest BCUT2D eigenvalue weighted by Gasteiger charge is 2.11. The van der Waals surface area contributed by atoms with E-state index in [9.17, 15) is 0 Å². The molecule has 0 amide bonds. The van der Waals surface area contributed by atoms with E-state index in [4.69, 9.17) is 5.73 Å². The number of thiazole rings is 1. The van der Waals surface area contributed by atoms with Gasteiger partial charge in [0.15, 0.2) is 0 Å². The number of hydrogen-bond donors (Lipinski definition) is 1. The smallest absolute Gasteiger partial charge is 0.0949 e. The van der Waals surface area contributed by atoms with Gasteiger partial charge in [-0.3, -0.25) is 0 Å². The highest BCUT2D eigenvalue weighted by molar-refractivity contribution is 14.1. The van der Waals surface area contributed by atoms with Gasteiger partial charge in [-0.2, -0.15) is 0 Å². The number of hydrogen-bond acceptors (Lipinski definition) is 3. The quantitative estimate of drug-likeness (QED) is 0.852. The van der Waals surface area contributed by atoms with Crippen LogP contribution in [0.5, 0.6) is 0 Å². The number of nitrogens with zero attached hydrogens (tertiary/aromatic N) is 1. The number of aromatic nitrogens is 1. The van der Waals surface area contributed by atoms with Gasteiger partial charge >= 0.3 is 0 Å². The number of nitrogens with two attached hydrogens (primary N) is 1. The van der Waals surface area contributed by atoms with Crippen molar-refractivity contribution in [2.75, 3.05) is 0 Å². The lowest BCUT2D eigenvalue weighted by Gasteiger charge is -2.10. The predicted octanol–water partition coefficient (Wildman–Crippen LogP) is 3.61. The fourth-order valence-corrected chi connectivity index (χ4v) is 2.99. The Bertz CT molecular complexity index is 485. The maximum absolute atomic E-state index is 6.20. The van der Waals surface area contributed by atoms with Crippen molar-refractivity contribution in [2.45, 2.75) is 26.3 Å². The number of aryl methyl sites for hydroxylation is 2. The molecule has 1 aromatic carbocycles. The van der Waals surface area contributed by atoms with E-state index in [1.54, 1.807) is 11.3 Å². The van der Waals surface area contributed by atoms with E-state index in [1.807, 2.05) is 6.92 Å². The average molecular weight is 358 g/mol. The molecule has 2 aromatic rings. The molecule has 90 valence electrons. The lowest BCUT2D eigenvalue weighted by atomic mass is 10.1. The third-order valence-corrected chi connectivity index (χ3v) is 4.58. The van der Waals surface area contributed by atoms with E-state index >= 15 is 0 Å². The van der Waals surface area contributed by atoms with Crippen LogP contribution in [-0.4, -0.2) is 4.98 Å². The Morgan fingerprint density at radius 3 is 2.47 bits per heavy atom. The maximum Gasteiger partial charge on any atom is 0.0949 e. The molecule has 0 bridgehead atoms. The molecule has 0 aliphatic carbocycles. The molecule has 0 radical (unpaired) electrons. The minimum Gasteiger partial charge on any atom is -0.324 e. The molecule has 0 saturated carbocycles. The van der Waals surface area contributed by atoms with Crippen molar-refractivity contribution in [2.24, 2.45) is 5.73 Å². The summed E-state index contributed by atoms with van der Waals surface area (Å²) in [6, 6.07) is 8.42. The van der Waals surface area contributed by atoms with Gasteiger partial charge in [-0.05, 0) is 54.1 Å². The molecule has 0 fully saturated rings. The normalized spacial score (nSPS) is 12.7. The van der Waals surface area contributed by atoms with Crippen LogP contribution in [-0.2, 0) is 6.42 Å². The lowest BCUT2D eigenvalue weighted by Crippen LogP contribution is -2.13. The van der Waals surface area contributed by atoms with Crippen LogP contribution < -0.4 is 5.73 Å². The largest absolute Gasteiger partial charge is 0.324 e. The zero-order valence-corrected chi connectivity index (χ0v) is 12.9. The van der Waals surface area contributed by atoms with E-state index < -0.39 is 0 Å². The fraction of sp³-hybridized carbons (Fsp3) is 0.308. The summed E-state index contributed by atoms with van der Waals surface area (Å²) in [5.41, 5.74) is 8.50. The van der Waals surface area contributed by atoms with E-state index in [2.05, 4.69) is 58.8 Å². The SMILES string of the molecule is Cc1nc(CC(N)c2ccc(I)cc2)sc1C. The van der Waals surface area contributed by atoms with Crippen molar-refractivity contribution in [3.05, 3.63) is 49.0 Å². The van der Waals surface area contributed by atoms with Crippen LogP contribution in [0.25, 0.3) is 0 Å². The average Bonchev–Trinajstić information content (AvgIpc) is 2.58. The lowest BCUT2D eigenvalue weighted by molar-refractivity contribution is 0.716. The highest BCUT2D eigenvalue weighted by Crippen LogP contribution is 2.22. The van der Waals surface area contributed by atoms with Gasteiger partial charge in [0, 0.05) is 20.9 Å². The van der Waals surface area contributed by atoms with Crippen LogP contribution in [0.3, 0.4) is 0 Å². The Morgan fingerprint density at radius 1 is 1.29 bits per heavy atom. The van der Waals surface area contributed by atoms with E-state index in [1.165, 1.54) is 14.0 Å². The Morgan fingerprint density at radius 2 is 1.94 bits per heavy atom. The number of halogens is 1. The number of benzene rings is 1. The van der Waals surface area contributed by atoms with Gasteiger partial charge in [0.25, 0.3) is 0 Å². The van der Waals surface area contributed by atoms with Crippen LogP contribution in [0.15, 0.2) is 24.3 Å². The van der Waals surface area contributed by atoms with Crippen molar-refractivity contribution in [3.63, 3.8) is 0 Å². The molecular formula is C13H15IN2S. The molecule has 2 nitrogen and oxygen atoms in total. The summed E-state index contributed by atoms with van der Waals surface area (Å²) in [7, 11) is 0. The molecule has 1 aromatic heterocycles. The molecule has 0 aliphatic rings. The summed E-state index contributed by atoms with van der Waals surface area (Å²) in [5, 5.41) is 1.13. The zero-order chi connectivity index (χ0) is 12.4. The molecular weight excluding hydrogens is 343 g/mol. The minimum atomic E-state index is 0.0388. The summed E-state index contributed by atoms with van der Waals surface area (Å²) in [6.45, 7) is 4.15. The zero-order valence-electron chi connectivity index (χ0n) is 9.90. The third-order valence-electron chi connectivity index (χ3n) is 2.77.